The smallest absolute Gasteiger partial charge is 0.303 e. The van der Waals surface area contributed by atoms with Gasteiger partial charge in [0.2, 0.25) is 0 Å². The lowest BCUT2D eigenvalue weighted by Crippen LogP contribution is -1.93. The van der Waals surface area contributed by atoms with Gasteiger partial charge in [-0.3, -0.25) is 4.79 Å². The number of benzene rings is 1. The first-order chi connectivity index (χ1) is 10.5. The molecule has 1 aromatic carbocycles. The SMILES string of the molecule is CCCCCCCCC(=O)O.Oc1c[nH]c2cc(Br)ccc12. The molecule has 1 aromatic heterocycles. The Morgan fingerprint density at radius 3 is 2.55 bits per heavy atom. The molecule has 122 valence electrons. The van der Waals surface area contributed by atoms with E-state index in [1.807, 2.05) is 18.2 Å². The number of rotatable bonds is 7. The fourth-order valence-electron chi connectivity index (χ4n) is 2.14. The summed E-state index contributed by atoms with van der Waals surface area (Å²) in [5, 5.41) is 18.4. The first-order valence-corrected chi connectivity index (χ1v) is 8.51. The van der Waals surface area contributed by atoms with Gasteiger partial charge in [0.1, 0.15) is 5.75 Å². The molecule has 0 unspecified atom stereocenters. The van der Waals surface area contributed by atoms with Gasteiger partial charge in [0.15, 0.2) is 0 Å². The van der Waals surface area contributed by atoms with Crippen LogP contribution < -0.4 is 0 Å². The highest BCUT2D eigenvalue weighted by Gasteiger charge is 2.00. The predicted octanol–water partition coefficient (Wildman–Crippen LogP) is 5.46. The highest BCUT2D eigenvalue weighted by molar-refractivity contribution is 9.10. The van der Waals surface area contributed by atoms with E-state index in [-0.39, 0.29) is 0 Å². The van der Waals surface area contributed by atoms with Crippen molar-refractivity contribution in [2.75, 3.05) is 0 Å². The highest BCUT2D eigenvalue weighted by Crippen LogP contribution is 2.26. The number of aromatic hydroxyl groups is 1. The zero-order chi connectivity index (χ0) is 16.4. The van der Waals surface area contributed by atoms with Crippen molar-refractivity contribution >= 4 is 32.8 Å². The van der Waals surface area contributed by atoms with Crippen molar-refractivity contribution in [3.63, 3.8) is 0 Å². The van der Waals surface area contributed by atoms with Gasteiger partial charge in [0.25, 0.3) is 0 Å². The summed E-state index contributed by atoms with van der Waals surface area (Å²) in [5.74, 6) is -0.368. The fourth-order valence-corrected chi connectivity index (χ4v) is 2.50. The Labute approximate surface area is 139 Å². The van der Waals surface area contributed by atoms with Gasteiger partial charge in [-0.1, -0.05) is 55.0 Å². The van der Waals surface area contributed by atoms with E-state index in [0.29, 0.717) is 12.2 Å². The molecule has 0 atom stereocenters. The molecule has 3 N–H and O–H groups in total. The standard InChI is InChI=1S/C9H18O2.C8H6BrNO/c1-2-3-4-5-6-7-8-9(10)11;9-5-1-2-6-7(3-5)10-4-8(6)11/h2-8H2,1H3,(H,10,11);1-4,10-11H. The van der Waals surface area contributed by atoms with Gasteiger partial charge in [0.05, 0.1) is 5.52 Å². The van der Waals surface area contributed by atoms with Gasteiger partial charge in [0, 0.05) is 22.5 Å². The first-order valence-electron chi connectivity index (χ1n) is 7.72. The van der Waals surface area contributed by atoms with Crippen LogP contribution >= 0.6 is 15.9 Å². The van der Waals surface area contributed by atoms with Crippen LogP contribution in [-0.4, -0.2) is 21.2 Å². The molecule has 0 amide bonds. The highest BCUT2D eigenvalue weighted by atomic mass is 79.9. The normalized spacial score (nSPS) is 10.3. The summed E-state index contributed by atoms with van der Waals surface area (Å²) in [6.45, 7) is 2.18. The summed E-state index contributed by atoms with van der Waals surface area (Å²) < 4.78 is 1.01. The Morgan fingerprint density at radius 2 is 1.86 bits per heavy atom. The van der Waals surface area contributed by atoms with Crippen LogP contribution in [0.5, 0.6) is 5.75 Å². The van der Waals surface area contributed by atoms with E-state index < -0.39 is 5.97 Å². The number of carboxylic acids is 1. The maximum atomic E-state index is 10.1. The molecule has 4 nitrogen and oxygen atoms in total. The summed E-state index contributed by atoms with van der Waals surface area (Å²) in [5.41, 5.74) is 0.942. The van der Waals surface area contributed by atoms with Gasteiger partial charge in [-0.05, 0) is 24.6 Å². The van der Waals surface area contributed by atoms with Crippen LogP contribution in [0.4, 0.5) is 0 Å². The third-order valence-electron chi connectivity index (χ3n) is 3.37. The molecule has 2 rings (SSSR count). The topological polar surface area (TPSA) is 73.3 Å². The van der Waals surface area contributed by atoms with Crippen molar-refractivity contribution in [2.24, 2.45) is 0 Å². The third-order valence-corrected chi connectivity index (χ3v) is 3.86. The Morgan fingerprint density at radius 1 is 1.18 bits per heavy atom. The van der Waals surface area contributed by atoms with Crippen LogP contribution in [-0.2, 0) is 4.79 Å². The molecule has 0 aliphatic rings. The molecule has 0 fully saturated rings. The number of carbonyl (C=O) groups is 1. The number of halogens is 1. The molecule has 0 saturated heterocycles. The molecule has 0 spiro atoms. The lowest BCUT2D eigenvalue weighted by Gasteiger charge is -1.97. The molecule has 2 aromatic rings. The zero-order valence-corrected chi connectivity index (χ0v) is 14.5. The first kappa shape index (κ1) is 18.6. The van der Waals surface area contributed by atoms with Crippen molar-refractivity contribution in [2.45, 2.75) is 51.9 Å². The second kappa shape index (κ2) is 10.3. The van der Waals surface area contributed by atoms with Crippen molar-refractivity contribution in [1.29, 1.82) is 0 Å². The van der Waals surface area contributed by atoms with Crippen molar-refractivity contribution in [3.05, 3.63) is 28.9 Å². The maximum Gasteiger partial charge on any atom is 0.303 e. The summed E-state index contributed by atoms with van der Waals surface area (Å²) >= 11 is 3.34. The lowest BCUT2D eigenvalue weighted by atomic mass is 10.1. The van der Waals surface area contributed by atoms with E-state index >= 15 is 0 Å². The quantitative estimate of drug-likeness (QED) is 0.567. The maximum absolute atomic E-state index is 10.1. The number of hydrogen-bond acceptors (Lipinski definition) is 2. The van der Waals surface area contributed by atoms with E-state index in [1.54, 1.807) is 6.20 Å². The number of aliphatic carboxylic acids is 1. The average molecular weight is 370 g/mol. The number of aromatic nitrogens is 1. The summed E-state index contributed by atoms with van der Waals surface area (Å²) in [7, 11) is 0. The number of carboxylic acid groups (broad SMARTS) is 1. The number of hydrogen-bond donors (Lipinski definition) is 3. The van der Waals surface area contributed by atoms with Crippen LogP contribution in [0, 0.1) is 0 Å². The Bertz CT molecular complexity index is 580. The average Bonchev–Trinajstić information content (AvgIpc) is 2.84. The molecule has 5 heteroatoms. The van der Waals surface area contributed by atoms with Gasteiger partial charge in [-0.15, -0.1) is 0 Å². The summed E-state index contributed by atoms with van der Waals surface area (Å²) in [4.78, 5) is 13.0. The van der Waals surface area contributed by atoms with E-state index in [4.69, 9.17) is 5.11 Å². The van der Waals surface area contributed by atoms with Crippen molar-refractivity contribution in [1.82, 2.24) is 4.98 Å². The third kappa shape index (κ3) is 6.98. The van der Waals surface area contributed by atoms with E-state index in [0.717, 1.165) is 28.2 Å². The number of aromatic amines is 1. The molecule has 0 aliphatic heterocycles. The minimum atomic E-state index is -0.666. The molecular formula is C17H24BrNO3. The Kier molecular flexibility index (Phi) is 8.67. The van der Waals surface area contributed by atoms with E-state index in [2.05, 4.69) is 27.8 Å². The van der Waals surface area contributed by atoms with Crippen molar-refractivity contribution < 1.29 is 15.0 Å². The second-order valence-corrected chi connectivity index (χ2v) is 6.19. The fraction of sp³-hybridized carbons (Fsp3) is 0.471. The lowest BCUT2D eigenvalue weighted by molar-refractivity contribution is -0.137. The van der Waals surface area contributed by atoms with Crippen molar-refractivity contribution in [3.8, 4) is 5.75 Å². The van der Waals surface area contributed by atoms with Gasteiger partial charge in [-0.25, -0.2) is 0 Å². The molecule has 22 heavy (non-hydrogen) atoms. The number of unbranched alkanes of at least 4 members (excludes halogenated alkanes) is 5. The van der Waals surface area contributed by atoms with Crippen LogP contribution in [0.3, 0.4) is 0 Å². The molecule has 0 bridgehead atoms. The zero-order valence-electron chi connectivity index (χ0n) is 12.9. The van der Waals surface area contributed by atoms with Gasteiger partial charge >= 0.3 is 5.97 Å². The Balaban J connectivity index is 0.000000220. The van der Waals surface area contributed by atoms with Gasteiger partial charge in [-0.2, -0.15) is 0 Å². The number of fused-ring (bicyclic) bond motifs is 1. The summed E-state index contributed by atoms with van der Waals surface area (Å²) in [6.07, 6.45) is 8.83. The summed E-state index contributed by atoms with van der Waals surface area (Å²) in [6, 6.07) is 5.69. The minimum absolute atomic E-state index is 0.299. The molecule has 1 heterocycles. The number of nitrogens with one attached hydrogen (secondary N) is 1. The molecule has 0 radical (unpaired) electrons. The van der Waals surface area contributed by atoms with Gasteiger partial charge < -0.3 is 15.2 Å². The molecular weight excluding hydrogens is 346 g/mol. The second-order valence-electron chi connectivity index (χ2n) is 5.28. The minimum Gasteiger partial charge on any atom is -0.506 e. The van der Waals surface area contributed by atoms with Crippen LogP contribution in [0.2, 0.25) is 0 Å². The molecule has 0 aliphatic carbocycles. The Hall–Kier alpha value is -1.49. The van der Waals surface area contributed by atoms with Crippen LogP contribution in [0.25, 0.3) is 10.9 Å². The monoisotopic (exact) mass is 369 g/mol. The van der Waals surface area contributed by atoms with E-state index in [1.165, 1.54) is 25.7 Å². The largest absolute Gasteiger partial charge is 0.506 e. The number of H-pyrrole nitrogens is 1. The van der Waals surface area contributed by atoms with Crippen LogP contribution in [0.15, 0.2) is 28.9 Å². The van der Waals surface area contributed by atoms with E-state index in [9.17, 15) is 9.90 Å². The predicted molar refractivity (Wildman–Crippen MR) is 93.3 cm³/mol. The molecule has 0 saturated carbocycles. The van der Waals surface area contributed by atoms with Crippen LogP contribution in [0.1, 0.15) is 51.9 Å².